The molecule has 0 amide bonds. The van der Waals surface area contributed by atoms with Crippen LogP contribution in [0.3, 0.4) is 0 Å². The van der Waals surface area contributed by atoms with E-state index in [1.807, 2.05) is 0 Å². The smallest absolute Gasteiger partial charge is 0.389 e. The molecular weight excluding hydrogens is 243 g/mol. The van der Waals surface area contributed by atoms with E-state index in [-0.39, 0.29) is 5.92 Å². The molecule has 0 spiro atoms. The average Bonchev–Trinajstić information content (AvgIpc) is 2.58. The summed E-state index contributed by atoms with van der Waals surface area (Å²) >= 11 is 0. The third-order valence-electron chi connectivity index (χ3n) is 3.49. The third kappa shape index (κ3) is 2.84. The Bertz CT molecular complexity index is 428. The molecule has 1 saturated heterocycles. The zero-order valence-corrected chi connectivity index (χ0v) is 10.1. The Morgan fingerprint density at radius 2 is 2.17 bits per heavy atom. The van der Waals surface area contributed by atoms with Crippen molar-refractivity contribution in [2.45, 2.75) is 25.1 Å². The minimum absolute atomic E-state index is 0.0546. The fraction of sp³-hybridized carbons (Fsp3) is 0.538. The molecule has 0 aliphatic carbocycles. The highest BCUT2D eigenvalue weighted by Crippen LogP contribution is 2.31. The Kier molecular flexibility index (Phi) is 3.38. The maximum Gasteiger partial charge on any atom is 0.416 e. The minimum atomic E-state index is -4.31. The molecule has 1 fully saturated rings. The lowest BCUT2D eigenvalue weighted by Crippen LogP contribution is -2.35. The molecule has 1 aromatic carbocycles. The number of hydrogen-bond acceptors (Lipinski definition) is 2. The van der Waals surface area contributed by atoms with Crippen molar-refractivity contribution in [2.24, 2.45) is 5.92 Å². The standard InChI is InChI=1S/C13H16F3NO/c1-12(18)8-17-7-11(12)6-9-3-2-4-10(5-9)13(14,15)16/h2-5,11,17-18H,6-8H2,1H3. The highest BCUT2D eigenvalue weighted by molar-refractivity contribution is 5.26. The van der Waals surface area contributed by atoms with Gasteiger partial charge in [-0.25, -0.2) is 0 Å². The van der Waals surface area contributed by atoms with Crippen LogP contribution in [0.2, 0.25) is 0 Å². The molecule has 1 aromatic rings. The van der Waals surface area contributed by atoms with E-state index in [1.54, 1.807) is 13.0 Å². The van der Waals surface area contributed by atoms with Gasteiger partial charge in [-0.15, -0.1) is 0 Å². The van der Waals surface area contributed by atoms with Crippen molar-refractivity contribution in [3.63, 3.8) is 0 Å². The van der Waals surface area contributed by atoms with Gasteiger partial charge in [0.25, 0.3) is 0 Å². The lowest BCUT2D eigenvalue weighted by molar-refractivity contribution is -0.137. The normalized spacial score (nSPS) is 28.6. The minimum Gasteiger partial charge on any atom is -0.389 e. The number of halogens is 3. The predicted molar refractivity (Wildman–Crippen MR) is 62.1 cm³/mol. The predicted octanol–water partition coefficient (Wildman–Crippen LogP) is 2.22. The van der Waals surface area contributed by atoms with Crippen LogP contribution in [-0.2, 0) is 12.6 Å². The SMILES string of the molecule is CC1(O)CNCC1Cc1cccc(C(F)(F)F)c1. The second-order valence-electron chi connectivity index (χ2n) is 5.09. The van der Waals surface area contributed by atoms with E-state index < -0.39 is 17.3 Å². The summed E-state index contributed by atoms with van der Waals surface area (Å²) < 4.78 is 37.7. The summed E-state index contributed by atoms with van der Waals surface area (Å²) in [6.07, 6.45) is -3.86. The summed E-state index contributed by atoms with van der Waals surface area (Å²) in [6, 6.07) is 5.31. The van der Waals surface area contributed by atoms with Crippen LogP contribution in [-0.4, -0.2) is 23.8 Å². The highest BCUT2D eigenvalue weighted by atomic mass is 19.4. The molecule has 0 radical (unpaired) electrons. The maximum absolute atomic E-state index is 12.6. The Hall–Kier alpha value is -1.07. The Morgan fingerprint density at radius 3 is 2.72 bits per heavy atom. The first-order valence-corrected chi connectivity index (χ1v) is 5.88. The molecule has 0 aromatic heterocycles. The van der Waals surface area contributed by atoms with Gasteiger partial charge in [-0.05, 0) is 25.0 Å². The summed E-state index contributed by atoms with van der Waals surface area (Å²) in [4.78, 5) is 0. The number of hydrogen-bond donors (Lipinski definition) is 2. The van der Waals surface area contributed by atoms with Gasteiger partial charge in [-0.2, -0.15) is 13.2 Å². The molecule has 1 aliphatic heterocycles. The van der Waals surface area contributed by atoms with Crippen molar-refractivity contribution in [3.8, 4) is 0 Å². The molecule has 2 unspecified atom stereocenters. The van der Waals surface area contributed by atoms with Crippen LogP contribution in [0.4, 0.5) is 13.2 Å². The number of nitrogens with one attached hydrogen (secondary N) is 1. The van der Waals surface area contributed by atoms with E-state index in [1.165, 1.54) is 6.07 Å². The Morgan fingerprint density at radius 1 is 1.44 bits per heavy atom. The van der Waals surface area contributed by atoms with Gasteiger partial charge in [0.05, 0.1) is 11.2 Å². The number of rotatable bonds is 2. The van der Waals surface area contributed by atoms with Gasteiger partial charge in [0.1, 0.15) is 0 Å². The lowest BCUT2D eigenvalue weighted by Gasteiger charge is -2.24. The van der Waals surface area contributed by atoms with Gasteiger partial charge in [0, 0.05) is 19.0 Å². The van der Waals surface area contributed by atoms with E-state index in [2.05, 4.69) is 5.32 Å². The van der Waals surface area contributed by atoms with Gasteiger partial charge in [0.2, 0.25) is 0 Å². The molecule has 2 nitrogen and oxygen atoms in total. The molecule has 2 N–H and O–H groups in total. The molecule has 5 heteroatoms. The largest absolute Gasteiger partial charge is 0.416 e. The summed E-state index contributed by atoms with van der Waals surface area (Å²) in [6.45, 7) is 2.82. The molecule has 2 rings (SSSR count). The van der Waals surface area contributed by atoms with Crippen molar-refractivity contribution in [1.29, 1.82) is 0 Å². The molecule has 1 aliphatic rings. The molecule has 0 bridgehead atoms. The van der Waals surface area contributed by atoms with Crippen molar-refractivity contribution >= 4 is 0 Å². The van der Waals surface area contributed by atoms with E-state index in [0.717, 1.165) is 12.1 Å². The first kappa shape index (κ1) is 13.4. The van der Waals surface area contributed by atoms with Crippen LogP contribution in [0.25, 0.3) is 0 Å². The maximum atomic E-state index is 12.6. The number of alkyl halides is 3. The Balaban J connectivity index is 2.15. The third-order valence-corrected chi connectivity index (χ3v) is 3.49. The molecule has 100 valence electrons. The Labute approximate surface area is 104 Å². The van der Waals surface area contributed by atoms with Gasteiger partial charge < -0.3 is 10.4 Å². The van der Waals surface area contributed by atoms with E-state index in [4.69, 9.17) is 0 Å². The molecule has 0 saturated carbocycles. The van der Waals surface area contributed by atoms with Gasteiger partial charge in [-0.3, -0.25) is 0 Å². The summed E-state index contributed by atoms with van der Waals surface area (Å²) in [7, 11) is 0. The number of β-amino-alcohol motifs (C(OH)–C–C–N with tert-alkyl or cyclic N) is 1. The van der Waals surface area contributed by atoms with Gasteiger partial charge in [0.15, 0.2) is 0 Å². The number of aliphatic hydroxyl groups is 1. The molecule has 1 heterocycles. The fourth-order valence-electron chi connectivity index (χ4n) is 2.31. The molecular formula is C13H16F3NO. The van der Waals surface area contributed by atoms with E-state index in [0.29, 0.717) is 25.1 Å². The van der Waals surface area contributed by atoms with Crippen LogP contribution >= 0.6 is 0 Å². The quantitative estimate of drug-likeness (QED) is 0.853. The average molecular weight is 259 g/mol. The first-order valence-electron chi connectivity index (χ1n) is 5.88. The van der Waals surface area contributed by atoms with Crippen LogP contribution in [0.1, 0.15) is 18.1 Å². The fourth-order valence-corrected chi connectivity index (χ4v) is 2.31. The van der Waals surface area contributed by atoms with E-state index >= 15 is 0 Å². The van der Waals surface area contributed by atoms with Crippen LogP contribution < -0.4 is 5.32 Å². The van der Waals surface area contributed by atoms with Gasteiger partial charge in [-0.1, -0.05) is 18.2 Å². The van der Waals surface area contributed by atoms with E-state index in [9.17, 15) is 18.3 Å². The van der Waals surface area contributed by atoms with Crippen molar-refractivity contribution in [1.82, 2.24) is 5.32 Å². The lowest BCUT2D eigenvalue weighted by atomic mass is 9.87. The monoisotopic (exact) mass is 259 g/mol. The second kappa shape index (κ2) is 4.55. The van der Waals surface area contributed by atoms with Crippen LogP contribution in [0.15, 0.2) is 24.3 Å². The summed E-state index contributed by atoms with van der Waals surface area (Å²) in [5.41, 5.74) is -0.877. The molecule has 2 atom stereocenters. The topological polar surface area (TPSA) is 32.3 Å². The summed E-state index contributed by atoms with van der Waals surface area (Å²) in [5.74, 6) is -0.0546. The second-order valence-corrected chi connectivity index (χ2v) is 5.09. The summed E-state index contributed by atoms with van der Waals surface area (Å²) in [5, 5.41) is 13.1. The van der Waals surface area contributed by atoms with Crippen LogP contribution in [0, 0.1) is 5.92 Å². The highest BCUT2D eigenvalue weighted by Gasteiger charge is 2.37. The zero-order valence-electron chi connectivity index (χ0n) is 10.1. The first-order chi connectivity index (χ1) is 8.29. The van der Waals surface area contributed by atoms with Crippen molar-refractivity contribution in [3.05, 3.63) is 35.4 Å². The van der Waals surface area contributed by atoms with Crippen molar-refractivity contribution in [2.75, 3.05) is 13.1 Å². The molecule has 18 heavy (non-hydrogen) atoms. The number of benzene rings is 1. The van der Waals surface area contributed by atoms with Gasteiger partial charge >= 0.3 is 6.18 Å². The van der Waals surface area contributed by atoms with Crippen molar-refractivity contribution < 1.29 is 18.3 Å². The van der Waals surface area contributed by atoms with Crippen LogP contribution in [0.5, 0.6) is 0 Å². The zero-order chi connectivity index (χ0) is 13.4.